The molecular formula is C16H24N2. The molecule has 0 saturated heterocycles. The molecule has 1 aromatic rings. The first kappa shape index (κ1) is 11.1. The molecule has 1 aromatic heterocycles. The molecule has 1 heterocycles. The highest BCUT2D eigenvalue weighted by atomic mass is 14.8. The van der Waals surface area contributed by atoms with Gasteiger partial charge in [0.2, 0.25) is 0 Å². The molecule has 2 nitrogen and oxygen atoms in total. The minimum Gasteiger partial charge on any atom is -0.362 e. The summed E-state index contributed by atoms with van der Waals surface area (Å²) in [5.74, 6) is 3.08. The highest BCUT2D eigenvalue weighted by molar-refractivity contribution is 5.26. The van der Waals surface area contributed by atoms with Crippen molar-refractivity contribution in [1.82, 2.24) is 4.98 Å². The first-order valence-corrected chi connectivity index (χ1v) is 7.66. The maximum atomic E-state index is 5.66. The molecule has 4 bridgehead atoms. The van der Waals surface area contributed by atoms with E-state index in [1.807, 2.05) is 0 Å². The fraction of sp³-hybridized carbons (Fsp3) is 0.750. The highest BCUT2D eigenvalue weighted by Gasteiger charge is 2.52. The van der Waals surface area contributed by atoms with E-state index in [0.29, 0.717) is 5.41 Å². The molecule has 0 radical (unpaired) electrons. The minimum atomic E-state index is 0.515. The largest absolute Gasteiger partial charge is 0.362 e. The van der Waals surface area contributed by atoms with Crippen molar-refractivity contribution in [1.29, 1.82) is 0 Å². The summed E-state index contributed by atoms with van der Waals surface area (Å²) in [6.07, 6.45) is 9.90. The molecule has 5 rings (SSSR count). The number of H-pyrrole nitrogens is 1. The summed E-state index contributed by atoms with van der Waals surface area (Å²) >= 11 is 0. The van der Waals surface area contributed by atoms with Gasteiger partial charge in [-0.2, -0.15) is 0 Å². The van der Waals surface area contributed by atoms with Gasteiger partial charge in [-0.3, -0.25) is 0 Å². The third-order valence-corrected chi connectivity index (χ3v) is 5.77. The molecule has 2 heteroatoms. The average molecular weight is 244 g/mol. The molecule has 4 aliphatic carbocycles. The Hall–Kier alpha value is -0.760. The van der Waals surface area contributed by atoms with Crippen LogP contribution in [0.25, 0.3) is 0 Å². The Labute approximate surface area is 109 Å². The average Bonchev–Trinajstić information content (AvgIpc) is 2.77. The number of nitrogens with one attached hydrogen (secondary N) is 1. The molecule has 0 amide bonds. The van der Waals surface area contributed by atoms with Gasteiger partial charge in [0.05, 0.1) is 0 Å². The molecule has 18 heavy (non-hydrogen) atoms. The van der Waals surface area contributed by atoms with Crippen LogP contribution in [0.4, 0.5) is 0 Å². The van der Waals surface area contributed by atoms with E-state index in [9.17, 15) is 0 Å². The molecule has 0 aromatic carbocycles. The molecule has 0 aliphatic heterocycles. The lowest BCUT2D eigenvalue weighted by Crippen LogP contribution is -2.48. The van der Waals surface area contributed by atoms with Crippen LogP contribution in [0.1, 0.15) is 49.9 Å². The van der Waals surface area contributed by atoms with Crippen molar-refractivity contribution < 1.29 is 0 Å². The molecule has 0 atom stereocenters. The van der Waals surface area contributed by atoms with Gasteiger partial charge in [-0.05, 0) is 81.4 Å². The second kappa shape index (κ2) is 3.86. The Morgan fingerprint density at radius 2 is 1.67 bits per heavy atom. The minimum absolute atomic E-state index is 0.515. The van der Waals surface area contributed by atoms with Crippen molar-refractivity contribution in [2.75, 3.05) is 6.54 Å². The van der Waals surface area contributed by atoms with E-state index >= 15 is 0 Å². The van der Waals surface area contributed by atoms with Gasteiger partial charge in [-0.15, -0.1) is 0 Å². The second-order valence-corrected chi connectivity index (χ2v) is 7.13. The van der Waals surface area contributed by atoms with E-state index in [0.717, 1.165) is 30.7 Å². The van der Waals surface area contributed by atoms with Gasteiger partial charge in [0.25, 0.3) is 0 Å². The molecule has 3 N–H and O–H groups in total. The first-order chi connectivity index (χ1) is 8.77. The molecule has 4 saturated carbocycles. The van der Waals surface area contributed by atoms with Crippen molar-refractivity contribution in [2.24, 2.45) is 23.5 Å². The molecule has 0 unspecified atom stereocenters. The van der Waals surface area contributed by atoms with Gasteiger partial charge in [0.15, 0.2) is 0 Å². The Morgan fingerprint density at radius 1 is 1.06 bits per heavy atom. The van der Waals surface area contributed by atoms with Crippen LogP contribution in [0, 0.1) is 17.8 Å². The third-order valence-electron chi connectivity index (χ3n) is 5.77. The predicted molar refractivity (Wildman–Crippen MR) is 73.4 cm³/mol. The molecular weight excluding hydrogens is 220 g/mol. The van der Waals surface area contributed by atoms with Gasteiger partial charge in [0.1, 0.15) is 0 Å². The first-order valence-electron chi connectivity index (χ1n) is 7.66. The zero-order valence-corrected chi connectivity index (χ0v) is 11.1. The molecule has 4 aliphatic rings. The lowest BCUT2D eigenvalue weighted by atomic mass is 9.49. The van der Waals surface area contributed by atoms with Gasteiger partial charge < -0.3 is 10.7 Å². The summed E-state index contributed by atoms with van der Waals surface area (Å²) in [5, 5.41) is 0. The van der Waals surface area contributed by atoms with Gasteiger partial charge in [0, 0.05) is 16.8 Å². The lowest BCUT2D eigenvalue weighted by Gasteiger charge is -2.56. The Balaban J connectivity index is 1.66. The second-order valence-electron chi connectivity index (χ2n) is 7.13. The maximum Gasteiger partial charge on any atom is 0.0212 e. The standard InChI is InChI=1S/C16H24N2/c17-4-3-14-1-2-15(18-14)16-8-11-5-12(9-16)7-13(6-11)10-16/h1-2,11-13,18H,3-10,17H2. The summed E-state index contributed by atoms with van der Waals surface area (Å²) in [7, 11) is 0. The van der Waals surface area contributed by atoms with Crippen molar-refractivity contribution in [3.63, 3.8) is 0 Å². The van der Waals surface area contributed by atoms with Crippen LogP contribution in [0.2, 0.25) is 0 Å². The zero-order chi connectivity index (χ0) is 12.2. The fourth-order valence-corrected chi connectivity index (χ4v) is 5.49. The van der Waals surface area contributed by atoms with Gasteiger partial charge >= 0.3 is 0 Å². The van der Waals surface area contributed by atoms with Crippen molar-refractivity contribution in [3.8, 4) is 0 Å². The quantitative estimate of drug-likeness (QED) is 0.843. The van der Waals surface area contributed by atoms with Crippen molar-refractivity contribution in [2.45, 2.75) is 50.4 Å². The van der Waals surface area contributed by atoms with E-state index in [4.69, 9.17) is 5.73 Å². The van der Waals surface area contributed by atoms with Crippen LogP contribution in [-0.2, 0) is 11.8 Å². The Kier molecular flexibility index (Phi) is 2.38. The van der Waals surface area contributed by atoms with Crippen LogP contribution in [-0.4, -0.2) is 11.5 Å². The van der Waals surface area contributed by atoms with Crippen molar-refractivity contribution in [3.05, 3.63) is 23.5 Å². The molecule has 0 spiro atoms. The summed E-state index contributed by atoms with van der Waals surface area (Å²) in [4.78, 5) is 3.69. The summed E-state index contributed by atoms with van der Waals surface area (Å²) in [6.45, 7) is 0.751. The van der Waals surface area contributed by atoms with Gasteiger partial charge in [-0.25, -0.2) is 0 Å². The normalized spacial score (nSPS) is 41.5. The zero-order valence-electron chi connectivity index (χ0n) is 11.1. The predicted octanol–water partition coefficient (Wildman–Crippen LogP) is 2.98. The monoisotopic (exact) mass is 244 g/mol. The summed E-state index contributed by atoms with van der Waals surface area (Å²) < 4.78 is 0. The van der Waals surface area contributed by atoms with Gasteiger partial charge in [-0.1, -0.05) is 0 Å². The molecule has 98 valence electrons. The topological polar surface area (TPSA) is 41.8 Å². The Morgan fingerprint density at radius 3 is 2.22 bits per heavy atom. The number of rotatable bonds is 3. The van der Waals surface area contributed by atoms with Crippen LogP contribution >= 0.6 is 0 Å². The summed E-state index contributed by atoms with van der Waals surface area (Å²) in [6, 6.07) is 4.62. The number of nitrogens with two attached hydrogens (primary N) is 1. The summed E-state index contributed by atoms with van der Waals surface area (Å²) in [5.41, 5.74) is 9.04. The number of hydrogen-bond acceptors (Lipinski definition) is 1. The molecule has 4 fully saturated rings. The van der Waals surface area contributed by atoms with Crippen LogP contribution in [0.15, 0.2) is 12.1 Å². The number of aromatic nitrogens is 1. The third kappa shape index (κ3) is 1.58. The SMILES string of the molecule is NCCc1ccc(C23CC4CC(CC(C4)C2)C3)[nH]1. The number of aromatic amines is 1. The van der Waals surface area contributed by atoms with E-state index in [-0.39, 0.29) is 0 Å². The van der Waals surface area contributed by atoms with Crippen molar-refractivity contribution >= 4 is 0 Å². The number of hydrogen-bond donors (Lipinski definition) is 2. The van der Waals surface area contributed by atoms with E-state index < -0.39 is 0 Å². The van der Waals surface area contributed by atoms with E-state index in [2.05, 4.69) is 17.1 Å². The van der Waals surface area contributed by atoms with Crippen LogP contribution in [0.3, 0.4) is 0 Å². The maximum absolute atomic E-state index is 5.66. The highest BCUT2D eigenvalue weighted by Crippen LogP contribution is 2.60. The lowest BCUT2D eigenvalue weighted by molar-refractivity contribution is -0.00701. The fourth-order valence-electron chi connectivity index (χ4n) is 5.49. The van der Waals surface area contributed by atoms with Crippen LogP contribution < -0.4 is 5.73 Å². The smallest absolute Gasteiger partial charge is 0.0212 e. The van der Waals surface area contributed by atoms with E-state index in [1.54, 1.807) is 0 Å². The van der Waals surface area contributed by atoms with Crippen LogP contribution in [0.5, 0.6) is 0 Å². The Bertz CT molecular complexity index is 410. The van der Waals surface area contributed by atoms with E-state index in [1.165, 1.54) is 49.9 Å².